The first-order chi connectivity index (χ1) is 8.49. The predicted molar refractivity (Wildman–Crippen MR) is 80.0 cm³/mol. The van der Waals surface area contributed by atoms with Gasteiger partial charge in [-0.05, 0) is 33.9 Å². The summed E-state index contributed by atoms with van der Waals surface area (Å²) >= 11 is 0. The van der Waals surface area contributed by atoms with Gasteiger partial charge in [-0.1, -0.05) is 52.4 Å². The second-order valence-electron chi connectivity index (χ2n) is 5.82. The second-order valence-corrected chi connectivity index (χ2v) is 5.82. The third kappa shape index (κ3) is 5.99. The molecule has 0 saturated carbocycles. The van der Waals surface area contributed by atoms with Crippen molar-refractivity contribution in [1.29, 1.82) is 0 Å². The molecule has 108 valence electrons. The number of rotatable bonds is 11. The van der Waals surface area contributed by atoms with Crippen molar-refractivity contribution in [3.05, 3.63) is 0 Å². The van der Waals surface area contributed by atoms with Gasteiger partial charge in [0.05, 0.1) is 5.54 Å². The molecule has 0 amide bonds. The lowest BCUT2D eigenvalue weighted by Gasteiger charge is -2.34. The zero-order valence-corrected chi connectivity index (χ0v) is 13.2. The quantitative estimate of drug-likeness (QED) is 0.509. The van der Waals surface area contributed by atoms with E-state index in [2.05, 4.69) is 25.7 Å². The second kappa shape index (κ2) is 9.55. The molecule has 1 atom stereocenters. The maximum absolute atomic E-state index is 12.2. The Hall–Kier alpha value is -0.370. The monoisotopic (exact) mass is 255 g/mol. The molecule has 0 aromatic rings. The minimum atomic E-state index is -0.262. The number of hydrogen-bond donors (Lipinski definition) is 0. The van der Waals surface area contributed by atoms with Crippen LogP contribution in [0.1, 0.15) is 78.6 Å². The molecule has 0 saturated heterocycles. The lowest BCUT2D eigenvalue weighted by molar-refractivity contribution is -0.129. The normalized spacial score (nSPS) is 14.8. The molecule has 0 heterocycles. The predicted octanol–water partition coefficient (Wildman–Crippen LogP) is 4.43. The van der Waals surface area contributed by atoms with Gasteiger partial charge in [-0.15, -0.1) is 0 Å². The van der Waals surface area contributed by atoms with Crippen LogP contribution in [-0.4, -0.2) is 30.3 Å². The maximum atomic E-state index is 12.2. The van der Waals surface area contributed by atoms with Gasteiger partial charge < -0.3 is 0 Å². The highest BCUT2D eigenvalue weighted by Gasteiger charge is 2.32. The summed E-state index contributed by atoms with van der Waals surface area (Å²) in [7, 11) is 4.01. The molecule has 2 nitrogen and oxygen atoms in total. The Labute approximate surface area is 114 Å². The molecule has 0 rings (SSSR count). The Morgan fingerprint density at radius 1 is 0.944 bits per heavy atom. The average molecular weight is 255 g/mol. The number of nitrogens with zero attached hydrogens (tertiary/aromatic N) is 1. The molecule has 0 aliphatic rings. The molecule has 0 aromatic heterocycles. The van der Waals surface area contributed by atoms with Gasteiger partial charge in [0.2, 0.25) is 0 Å². The van der Waals surface area contributed by atoms with Gasteiger partial charge in [-0.2, -0.15) is 0 Å². The molecule has 1 unspecified atom stereocenters. The lowest BCUT2D eigenvalue weighted by Crippen LogP contribution is -2.47. The molecule has 0 radical (unpaired) electrons. The minimum Gasteiger partial charge on any atom is -0.298 e. The number of hydrogen-bond acceptors (Lipinski definition) is 2. The molecule has 0 aliphatic carbocycles. The number of likely N-dealkylation sites (N-methyl/N-ethyl adjacent to an activating group) is 1. The van der Waals surface area contributed by atoms with Gasteiger partial charge in [-0.3, -0.25) is 9.69 Å². The number of ketones is 1. The minimum absolute atomic E-state index is 0.262. The van der Waals surface area contributed by atoms with Crippen molar-refractivity contribution < 1.29 is 4.79 Å². The first-order valence-corrected chi connectivity index (χ1v) is 7.69. The standard InChI is InChI=1S/C16H33NO/c1-6-8-9-10-11-12-13-14-15(18)16(3,7-2)17(4)5/h6-14H2,1-5H3. The SMILES string of the molecule is CCCCCCCCCC(=O)C(C)(CC)N(C)C. The van der Waals surface area contributed by atoms with E-state index in [1.807, 2.05) is 14.1 Å². The third-order valence-corrected chi connectivity index (χ3v) is 4.28. The van der Waals surface area contributed by atoms with Crippen LogP contribution in [0.5, 0.6) is 0 Å². The average Bonchev–Trinajstić information content (AvgIpc) is 2.36. The number of carbonyl (C=O) groups is 1. The molecular formula is C16H33NO. The molecule has 18 heavy (non-hydrogen) atoms. The highest BCUT2D eigenvalue weighted by molar-refractivity contribution is 5.87. The van der Waals surface area contributed by atoms with E-state index in [1.54, 1.807) is 0 Å². The summed E-state index contributed by atoms with van der Waals surface area (Å²) < 4.78 is 0. The van der Waals surface area contributed by atoms with E-state index in [1.165, 1.54) is 38.5 Å². The Balaban J connectivity index is 3.76. The molecule has 0 N–H and O–H groups in total. The number of unbranched alkanes of at least 4 members (excludes halogenated alkanes) is 6. The zero-order valence-electron chi connectivity index (χ0n) is 13.2. The fourth-order valence-electron chi connectivity index (χ4n) is 2.27. The molecule has 0 bridgehead atoms. The Morgan fingerprint density at radius 3 is 1.89 bits per heavy atom. The van der Waals surface area contributed by atoms with Crippen LogP contribution in [0.25, 0.3) is 0 Å². The molecule has 0 spiro atoms. The summed E-state index contributed by atoms with van der Waals surface area (Å²) in [5.74, 6) is 0.406. The van der Waals surface area contributed by atoms with Gasteiger partial charge in [0, 0.05) is 6.42 Å². The van der Waals surface area contributed by atoms with E-state index in [-0.39, 0.29) is 5.54 Å². The van der Waals surface area contributed by atoms with Crippen LogP contribution < -0.4 is 0 Å². The molecule has 0 aliphatic heterocycles. The van der Waals surface area contributed by atoms with E-state index in [0.717, 1.165) is 19.3 Å². The highest BCUT2D eigenvalue weighted by atomic mass is 16.1. The Morgan fingerprint density at radius 2 is 1.44 bits per heavy atom. The summed E-state index contributed by atoms with van der Waals surface area (Å²) in [6.07, 6.45) is 10.6. The Bertz CT molecular complexity index is 225. The Kier molecular flexibility index (Phi) is 9.35. The summed E-state index contributed by atoms with van der Waals surface area (Å²) in [6, 6.07) is 0. The molecule has 0 aromatic carbocycles. The topological polar surface area (TPSA) is 20.3 Å². The fraction of sp³-hybridized carbons (Fsp3) is 0.938. The fourth-order valence-corrected chi connectivity index (χ4v) is 2.27. The van der Waals surface area contributed by atoms with Crippen LogP contribution in [0.2, 0.25) is 0 Å². The van der Waals surface area contributed by atoms with Gasteiger partial charge in [0.25, 0.3) is 0 Å². The third-order valence-electron chi connectivity index (χ3n) is 4.28. The van der Waals surface area contributed by atoms with Crippen LogP contribution in [0.4, 0.5) is 0 Å². The first kappa shape index (κ1) is 17.6. The van der Waals surface area contributed by atoms with Crippen LogP contribution in [0, 0.1) is 0 Å². The van der Waals surface area contributed by atoms with E-state index >= 15 is 0 Å². The van der Waals surface area contributed by atoms with Gasteiger partial charge in [0.1, 0.15) is 0 Å². The van der Waals surface area contributed by atoms with Crippen LogP contribution in [0.3, 0.4) is 0 Å². The van der Waals surface area contributed by atoms with Crippen LogP contribution in [-0.2, 0) is 4.79 Å². The maximum Gasteiger partial charge on any atom is 0.152 e. The van der Waals surface area contributed by atoms with Crippen molar-refractivity contribution in [2.24, 2.45) is 0 Å². The summed E-state index contributed by atoms with van der Waals surface area (Å²) in [5, 5.41) is 0. The van der Waals surface area contributed by atoms with E-state index < -0.39 is 0 Å². The van der Waals surface area contributed by atoms with Crippen molar-refractivity contribution in [2.45, 2.75) is 84.1 Å². The molecule has 2 heteroatoms. The largest absolute Gasteiger partial charge is 0.298 e. The number of Topliss-reactive ketones (excluding diaryl/α,β-unsaturated/α-hetero) is 1. The van der Waals surface area contributed by atoms with E-state index in [9.17, 15) is 4.79 Å². The van der Waals surface area contributed by atoms with E-state index in [0.29, 0.717) is 5.78 Å². The molecular weight excluding hydrogens is 222 g/mol. The smallest absolute Gasteiger partial charge is 0.152 e. The van der Waals surface area contributed by atoms with Crippen LogP contribution >= 0.6 is 0 Å². The van der Waals surface area contributed by atoms with Crippen molar-refractivity contribution >= 4 is 5.78 Å². The van der Waals surface area contributed by atoms with Gasteiger partial charge >= 0.3 is 0 Å². The van der Waals surface area contributed by atoms with Crippen molar-refractivity contribution in [3.8, 4) is 0 Å². The van der Waals surface area contributed by atoms with Crippen molar-refractivity contribution in [3.63, 3.8) is 0 Å². The highest BCUT2D eigenvalue weighted by Crippen LogP contribution is 2.21. The number of carbonyl (C=O) groups excluding carboxylic acids is 1. The van der Waals surface area contributed by atoms with Crippen LogP contribution in [0.15, 0.2) is 0 Å². The first-order valence-electron chi connectivity index (χ1n) is 7.69. The van der Waals surface area contributed by atoms with Gasteiger partial charge in [-0.25, -0.2) is 0 Å². The van der Waals surface area contributed by atoms with Crippen molar-refractivity contribution in [2.75, 3.05) is 14.1 Å². The lowest BCUT2D eigenvalue weighted by atomic mass is 9.88. The zero-order chi connectivity index (χ0) is 14.0. The summed E-state index contributed by atoms with van der Waals surface area (Å²) in [6.45, 7) is 6.41. The van der Waals surface area contributed by atoms with E-state index in [4.69, 9.17) is 0 Å². The van der Waals surface area contributed by atoms with Gasteiger partial charge in [0.15, 0.2) is 5.78 Å². The molecule has 0 fully saturated rings. The summed E-state index contributed by atoms with van der Waals surface area (Å²) in [5.41, 5.74) is -0.262. The van der Waals surface area contributed by atoms with Crippen molar-refractivity contribution in [1.82, 2.24) is 4.90 Å². The summed E-state index contributed by atoms with van der Waals surface area (Å²) in [4.78, 5) is 14.3.